The molecule has 8 heteroatoms. The van der Waals surface area contributed by atoms with Crippen LogP contribution in [0.1, 0.15) is 31.4 Å². The smallest absolute Gasteiger partial charge is 0.218 e. The van der Waals surface area contributed by atoms with Gasteiger partial charge in [-0.2, -0.15) is 0 Å². The molecule has 0 aliphatic rings. The number of hydrogen-bond acceptors (Lipinski definition) is 5. The van der Waals surface area contributed by atoms with Gasteiger partial charge in [0.1, 0.15) is 11.5 Å². The van der Waals surface area contributed by atoms with E-state index in [-0.39, 0.29) is 24.0 Å². The van der Waals surface area contributed by atoms with Crippen LogP contribution in [0.15, 0.2) is 41.5 Å². The molecule has 0 radical (unpaired) electrons. The van der Waals surface area contributed by atoms with Crippen LogP contribution in [0.2, 0.25) is 0 Å². The minimum Gasteiger partial charge on any atom is -0.497 e. The summed E-state index contributed by atoms with van der Waals surface area (Å²) in [6.07, 6.45) is 2.67. The van der Waals surface area contributed by atoms with E-state index in [2.05, 4.69) is 27.5 Å². The molecule has 0 aliphatic carbocycles. The van der Waals surface area contributed by atoms with Gasteiger partial charge >= 0.3 is 0 Å². The number of aliphatic imine (C=N–C) groups is 1. The minimum absolute atomic E-state index is 0. The molecule has 29 heavy (non-hydrogen) atoms. The van der Waals surface area contributed by atoms with E-state index in [1.807, 2.05) is 37.3 Å². The fourth-order valence-corrected chi connectivity index (χ4v) is 2.56. The molecule has 1 aromatic heterocycles. The summed E-state index contributed by atoms with van der Waals surface area (Å²) in [5.74, 6) is 2.88. The lowest BCUT2D eigenvalue weighted by Crippen LogP contribution is -2.36. The summed E-state index contributed by atoms with van der Waals surface area (Å²) in [5, 5.41) is 6.60. The first kappa shape index (κ1) is 24.8. The molecule has 0 atom stereocenters. The van der Waals surface area contributed by atoms with Crippen molar-refractivity contribution in [3.8, 4) is 17.4 Å². The number of nitrogens with zero attached hydrogens (tertiary/aromatic N) is 2. The first-order valence-electron chi connectivity index (χ1n) is 9.51. The molecule has 0 fully saturated rings. The molecule has 0 amide bonds. The molecule has 0 unspecified atom stereocenters. The van der Waals surface area contributed by atoms with Crippen molar-refractivity contribution >= 4 is 29.9 Å². The Morgan fingerprint density at radius 1 is 1.07 bits per heavy atom. The number of aromatic nitrogens is 1. The quantitative estimate of drug-likeness (QED) is 0.286. The molecule has 7 nitrogen and oxygen atoms in total. The largest absolute Gasteiger partial charge is 0.497 e. The molecule has 0 aliphatic heterocycles. The normalized spacial score (nSPS) is 10.7. The zero-order valence-corrected chi connectivity index (χ0v) is 19.9. The van der Waals surface area contributed by atoms with Crippen molar-refractivity contribution in [1.29, 1.82) is 0 Å². The van der Waals surface area contributed by atoms with Gasteiger partial charge in [0.05, 0.1) is 27.4 Å². The van der Waals surface area contributed by atoms with Crippen LogP contribution in [-0.4, -0.2) is 38.3 Å². The van der Waals surface area contributed by atoms with E-state index >= 15 is 0 Å². The summed E-state index contributed by atoms with van der Waals surface area (Å²) in [5.41, 5.74) is 1.97. The third-order valence-electron chi connectivity index (χ3n) is 3.99. The lowest BCUT2D eigenvalue weighted by Gasteiger charge is -2.14. The number of nitrogens with one attached hydrogen (secondary N) is 2. The van der Waals surface area contributed by atoms with Crippen molar-refractivity contribution in [2.24, 2.45) is 4.99 Å². The number of pyridine rings is 1. The Bertz CT molecular complexity index is 771. The van der Waals surface area contributed by atoms with Gasteiger partial charge < -0.3 is 24.8 Å². The van der Waals surface area contributed by atoms with Crippen LogP contribution in [0.4, 0.5) is 0 Å². The Balaban J connectivity index is 0.00000420. The van der Waals surface area contributed by atoms with Gasteiger partial charge in [0.25, 0.3) is 0 Å². The second kappa shape index (κ2) is 13.9. The van der Waals surface area contributed by atoms with Crippen molar-refractivity contribution in [1.82, 2.24) is 15.6 Å². The lowest BCUT2D eigenvalue weighted by molar-refractivity contribution is 0.302. The highest BCUT2D eigenvalue weighted by Gasteiger charge is 2.08. The summed E-state index contributed by atoms with van der Waals surface area (Å²) in [7, 11) is 3.29. The molecule has 0 spiro atoms. The van der Waals surface area contributed by atoms with E-state index in [9.17, 15) is 0 Å². The van der Waals surface area contributed by atoms with Crippen molar-refractivity contribution < 1.29 is 14.2 Å². The Kier molecular flexibility index (Phi) is 11.9. The van der Waals surface area contributed by atoms with E-state index in [0.29, 0.717) is 31.5 Å². The SMILES string of the molecule is CCCOc1ncccc1CN=C(NCC)NCc1ccc(OC)cc1OC.I. The standard InChI is InChI=1S/C21H30N4O3.HI/c1-5-12-28-20-17(8-7-11-23-20)15-25-21(22-6-2)24-14-16-9-10-18(26-3)13-19(16)27-4;/h7-11,13H,5-6,12,14-15H2,1-4H3,(H2,22,24,25);1H. The molecular weight excluding hydrogens is 483 g/mol. The van der Waals surface area contributed by atoms with Gasteiger partial charge in [0.2, 0.25) is 5.88 Å². The monoisotopic (exact) mass is 514 g/mol. The highest BCUT2D eigenvalue weighted by atomic mass is 127. The van der Waals surface area contributed by atoms with Crippen LogP contribution >= 0.6 is 24.0 Å². The topological polar surface area (TPSA) is 77.0 Å². The molecule has 0 saturated heterocycles. The second-order valence-electron chi connectivity index (χ2n) is 6.04. The maximum Gasteiger partial charge on any atom is 0.218 e. The number of hydrogen-bond donors (Lipinski definition) is 2. The van der Waals surface area contributed by atoms with Crippen LogP contribution in [0.3, 0.4) is 0 Å². The maximum absolute atomic E-state index is 5.71. The molecule has 1 heterocycles. The lowest BCUT2D eigenvalue weighted by atomic mass is 10.2. The third kappa shape index (κ3) is 7.96. The van der Waals surface area contributed by atoms with Crippen LogP contribution in [0.25, 0.3) is 0 Å². The van der Waals surface area contributed by atoms with Crippen molar-refractivity contribution in [2.45, 2.75) is 33.4 Å². The number of ether oxygens (including phenoxy) is 3. The van der Waals surface area contributed by atoms with Crippen LogP contribution in [-0.2, 0) is 13.1 Å². The zero-order valence-electron chi connectivity index (χ0n) is 17.5. The summed E-state index contributed by atoms with van der Waals surface area (Å²) < 4.78 is 16.4. The van der Waals surface area contributed by atoms with Crippen LogP contribution < -0.4 is 24.8 Å². The van der Waals surface area contributed by atoms with Gasteiger partial charge in [-0.05, 0) is 31.5 Å². The summed E-state index contributed by atoms with van der Waals surface area (Å²) >= 11 is 0. The van der Waals surface area contributed by atoms with E-state index in [1.54, 1.807) is 20.4 Å². The number of rotatable bonds is 10. The average Bonchev–Trinajstić information content (AvgIpc) is 2.74. The van der Waals surface area contributed by atoms with Gasteiger partial charge in [-0.15, -0.1) is 24.0 Å². The van der Waals surface area contributed by atoms with Crippen LogP contribution in [0, 0.1) is 0 Å². The zero-order chi connectivity index (χ0) is 20.2. The Morgan fingerprint density at radius 3 is 2.59 bits per heavy atom. The predicted octanol–water partition coefficient (Wildman–Crippen LogP) is 3.76. The highest BCUT2D eigenvalue weighted by Crippen LogP contribution is 2.24. The molecule has 2 N–H and O–H groups in total. The molecular formula is C21H31IN4O3. The fourth-order valence-electron chi connectivity index (χ4n) is 2.56. The molecule has 2 aromatic rings. The number of halogens is 1. The van der Waals surface area contributed by atoms with Gasteiger partial charge in [-0.3, -0.25) is 0 Å². The minimum atomic E-state index is 0. The average molecular weight is 514 g/mol. The van der Waals surface area contributed by atoms with Crippen molar-refractivity contribution in [3.05, 3.63) is 47.7 Å². The first-order chi connectivity index (χ1) is 13.7. The number of benzene rings is 1. The van der Waals surface area contributed by atoms with Crippen molar-refractivity contribution in [3.63, 3.8) is 0 Å². The summed E-state index contributed by atoms with van der Waals surface area (Å²) in [4.78, 5) is 8.98. The molecule has 1 aromatic carbocycles. The summed E-state index contributed by atoms with van der Waals surface area (Å²) in [6, 6.07) is 9.64. The highest BCUT2D eigenvalue weighted by molar-refractivity contribution is 14.0. The Labute approximate surface area is 190 Å². The fraction of sp³-hybridized carbons (Fsp3) is 0.429. The van der Waals surface area contributed by atoms with E-state index in [4.69, 9.17) is 14.2 Å². The Morgan fingerprint density at radius 2 is 1.90 bits per heavy atom. The second-order valence-corrected chi connectivity index (χ2v) is 6.04. The first-order valence-corrected chi connectivity index (χ1v) is 9.51. The van der Waals surface area contributed by atoms with Gasteiger partial charge in [0.15, 0.2) is 5.96 Å². The molecule has 0 bridgehead atoms. The third-order valence-corrected chi connectivity index (χ3v) is 3.99. The number of methoxy groups -OCH3 is 2. The van der Waals surface area contributed by atoms with E-state index in [1.165, 1.54) is 0 Å². The van der Waals surface area contributed by atoms with Gasteiger partial charge in [-0.1, -0.05) is 13.0 Å². The Hall–Kier alpha value is -2.23. The maximum atomic E-state index is 5.71. The number of guanidine groups is 1. The van der Waals surface area contributed by atoms with Crippen LogP contribution in [0.5, 0.6) is 17.4 Å². The summed E-state index contributed by atoms with van der Waals surface area (Å²) in [6.45, 7) is 6.56. The molecule has 2 rings (SSSR count). The van der Waals surface area contributed by atoms with Gasteiger partial charge in [0, 0.05) is 36.5 Å². The van der Waals surface area contributed by atoms with Gasteiger partial charge in [-0.25, -0.2) is 9.98 Å². The van der Waals surface area contributed by atoms with E-state index < -0.39 is 0 Å². The van der Waals surface area contributed by atoms with E-state index in [0.717, 1.165) is 35.6 Å². The van der Waals surface area contributed by atoms with Crippen molar-refractivity contribution in [2.75, 3.05) is 27.4 Å². The molecule has 0 saturated carbocycles. The predicted molar refractivity (Wildman–Crippen MR) is 127 cm³/mol. The molecule has 160 valence electrons.